The summed E-state index contributed by atoms with van der Waals surface area (Å²) in [4.78, 5) is 23.2. The zero-order chi connectivity index (χ0) is 13.8. The first-order valence-corrected chi connectivity index (χ1v) is 5.54. The second kappa shape index (κ2) is 5.43. The molecule has 0 atom stereocenters. The van der Waals surface area contributed by atoms with E-state index in [1.165, 1.54) is 24.3 Å². The van der Waals surface area contributed by atoms with E-state index >= 15 is 0 Å². The molecule has 19 heavy (non-hydrogen) atoms. The Labute approximate surface area is 108 Å². The maximum atomic E-state index is 12.9. The summed E-state index contributed by atoms with van der Waals surface area (Å²) in [5, 5.41) is 6.30. The topological polar surface area (TPSA) is 72.1 Å². The molecule has 0 bridgehead atoms. The highest BCUT2D eigenvalue weighted by molar-refractivity contribution is 5.99. The maximum Gasteiger partial charge on any atom is 0.359 e. The van der Waals surface area contributed by atoms with Crippen LogP contribution in [-0.2, 0) is 4.74 Å². The summed E-state index contributed by atoms with van der Waals surface area (Å²) in [6.07, 6.45) is 0. The lowest BCUT2D eigenvalue weighted by Crippen LogP contribution is -2.14. The van der Waals surface area contributed by atoms with E-state index in [1.54, 1.807) is 6.92 Å². The normalized spacial score (nSPS) is 10.2. The highest BCUT2D eigenvalue weighted by atomic mass is 19.1. The number of benzene rings is 1. The number of hydrogen-bond donors (Lipinski definition) is 1. The number of ketones is 1. The quantitative estimate of drug-likeness (QED) is 0.674. The number of aryl methyl sites for hydroxylation is 1. The van der Waals surface area contributed by atoms with E-state index < -0.39 is 24.2 Å². The van der Waals surface area contributed by atoms with E-state index in [-0.39, 0.29) is 11.3 Å². The van der Waals surface area contributed by atoms with Crippen LogP contribution in [-0.4, -0.2) is 28.6 Å². The van der Waals surface area contributed by atoms with Crippen LogP contribution in [0.25, 0.3) is 0 Å². The number of carbonyl (C=O) groups excluding carboxylic acids is 2. The van der Waals surface area contributed by atoms with Crippen LogP contribution >= 0.6 is 0 Å². The first kappa shape index (κ1) is 12.9. The fraction of sp³-hybridized carbons (Fsp3) is 0.154. The van der Waals surface area contributed by atoms with Gasteiger partial charge in [0.15, 0.2) is 18.1 Å². The smallest absolute Gasteiger partial charge is 0.359 e. The summed E-state index contributed by atoms with van der Waals surface area (Å²) >= 11 is 0. The third kappa shape index (κ3) is 3.25. The number of halogens is 1. The monoisotopic (exact) mass is 262 g/mol. The van der Waals surface area contributed by atoms with Crippen LogP contribution in [0.1, 0.15) is 26.5 Å². The van der Waals surface area contributed by atoms with Gasteiger partial charge in [-0.05, 0) is 25.1 Å². The van der Waals surface area contributed by atoms with Gasteiger partial charge in [0.05, 0.1) is 0 Å². The number of aromatic amines is 1. The van der Waals surface area contributed by atoms with Crippen LogP contribution < -0.4 is 0 Å². The first-order chi connectivity index (χ1) is 9.06. The molecule has 1 aromatic heterocycles. The van der Waals surface area contributed by atoms with Crippen molar-refractivity contribution in [3.05, 3.63) is 53.1 Å². The molecular weight excluding hydrogens is 251 g/mol. The lowest BCUT2D eigenvalue weighted by atomic mass is 10.1. The highest BCUT2D eigenvalue weighted by Gasteiger charge is 2.14. The predicted molar refractivity (Wildman–Crippen MR) is 64.3 cm³/mol. The van der Waals surface area contributed by atoms with E-state index in [0.717, 1.165) is 6.07 Å². The van der Waals surface area contributed by atoms with Crippen molar-refractivity contribution in [1.29, 1.82) is 0 Å². The van der Waals surface area contributed by atoms with Crippen molar-refractivity contribution in [2.24, 2.45) is 0 Å². The summed E-state index contributed by atoms with van der Waals surface area (Å²) in [6, 6.07) is 6.71. The number of Topliss-reactive ketones (excluding diaryl/α,β-unsaturated/α-hetero) is 1. The highest BCUT2D eigenvalue weighted by Crippen LogP contribution is 2.06. The average molecular weight is 262 g/mol. The van der Waals surface area contributed by atoms with Crippen LogP contribution in [0.2, 0.25) is 0 Å². The zero-order valence-electron chi connectivity index (χ0n) is 10.1. The van der Waals surface area contributed by atoms with Gasteiger partial charge in [0.2, 0.25) is 0 Å². The molecular formula is C13H11FN2O3. The van der Waals surface area contributed by atoms with Gasteiger partial charge in [0.25, 0.3) is 0 Å². The van der Waals surface area contributed by atoms with Gasteiger partial charge < -0.3 is 4.74 Å². The lowest BCUT2D eigenvalue weighted by Gasteiger charge is -2.02. The number of nitrogens with zero attached hydrogens (tertiary/aromatic N) is 1. The number of nitrogens with one attached hydrogen (secondary N) is 1. The van der Waals surface area contributed by atoms with Crippen molar-refractivity contribution in [3.8, 4) is 0 Å². The minimum absolute atomic E-state index is 0.101. The Kier molecular flexibility index (Phi) is 3.70. The first-order valence-electron chi connectivity index (χ1n) is 5.54. The van der Waals surface area contributed by atoms with E-state index in [1.807, 2.05) is 0 Å². The van der Waals surface area contributed by atoms with Crippen molar-refractivity contribution >= 4 is 11.8 Å². The van der Waals surface area contributed by atoms with E-state index in [4.69, 9.17) is 4.74 Å². The second-order valence-electron chi connectivity index (χ2n) is 3.95. The van der Waals surface area contributed by atoms with Gasteiger partial charge in [-0.1, -0.05) is 12.1 Å². The van der Waals surface area contributed by atoms with Crippen LogP contribution in [0.5, 0.6) is 0 Å². The largest absolute Gasteiger partial charge is 0.453 e. The lowest BCUT2D eigenvalue weighted by molar-refractivity contribution is 0.0469. The number of esters is 1. The molecule has 1 aromatic carbocycles. The summed E-state index contributed by atoms with van der Waals surface area (Å²) in [7, 11) is 0. The standard InChI is InChI=1S/C13H11FN2O3/c1-8-5-11(16-15-8)13(18)19-7-12(17)9-3-2-4-10(14)6-9/h2-6H,7H2,1H3,(H,15,16). The van der Waals surface area contributed by atoms with Crippen LogP contribution in [0.3, 0.4) is 0 Å². The fourth-order valence-corrected chi connectivity index (χ4v) is 1.47. The number of ether oxygens (including phenoxy) is 1. The zero-order valence-corrected chi connectivity index (χ0v) is 10.1. The van der Waals surface area contributed by atoms with Crippen LogP contribution in [0, 0.1) is 12.7 Å². The second-order valence-corrected chi connectivity index (χ2v) is 3.95. The Hall–Kier alpha value is -2.50. The third-order valence-electron chi connectivity index (χ3n) is 2.40. The molecule has 0 unspecified atom stereocenters. The van der Waals surface area contributed by atoms with E-state index in [9.17, 15) is 14.0 Å². The molecule has 0 spiro atoms. The number of aromatic nitrogens is 2. The van der Waals surface area contributed by atoms with Crippen LogP contribution in [0.4, 0.5) is 4.39 Å². The van der Waals surface area contributed by atoms with Crippen molar-refractivity contribution in [2.45, 2.75) is 6.92 Å². The molecule has 0 aliphatic rings. The Balaban J connectivity index is 1.95. The minimum Gasteiger partial charge on any atom is -0.453 e. The molecule has 0 fully saturated rings. The third-order valence-corrected chi connectivity index (χ3v) is 2.40. The van der Waals surface area contributed by atoms with Crippen molar-refractivity contribution in [1.82, 2.24) is 10.2 Å². The maximum absolute atomic E-state index is 12.9. The molecule has 6 heteroatoms. The van der Waals surface area contributed by atoms with Gasteiger partial charge in [-0.25, -0.2) is 9.18 Å². The summed E-state index contributed by atoms with van der Waals surface area (Å²) in [5.41, 5.74) is 0.971. The number of hydrogen-bond acceptors (Lipinski definition) is 4. The molecule has 2 aromatic rings. The van der Waals surface area contributed by atoms with Gasteiger partial charge in [-0.2, -0.15) is 5.10 Å². The molecule has 0 saturated heterocycles. The predicted octanol–water partition coefficient (Wildman–Crippen LogP) is 1.90. The molecule has 98 valence electrons. The molecule has 0 aliphatic carbocycles. The van der Waals surface area contributed by atoms with E-state index in [2.05, 4.69) is 10.2 Å². The van der Waals surface area contributed by atoms with Gasteiger partial charge in [0.1, 0.15) is 5.82 Å². The number of H-pyrrole nitrogens is 1. The van der Waals surface area contributed by atoms with Gasteiger partial charge in [0, 0.05) is 11.3 Å². The van der Waals surface area contributed by atoms with Crippen LogP contribution in [0.15, 0.2) is 30.3 Å². The van der Waals surface area contributed by atoms with Crippen molar-refractivity contribution in [3.63, 3.8) is 0 Å². The number of carbonyl (C=O) groups is 2. The molecule has 2 rings (SSSR count). The molecule has 0 radical (unpaired) electrons. The summed E-state index contributed by atoms with van der Waals surface area (Å²) in [5.74, 6) is -1.69. The molecule has 0 aliphatic heterocycles. The Morgan fingerprint density at radius 2 is 2.16 bits per heavy atom. The molecule has 1 heterocycles. The van der Waals surface area contributed by atoms with Crippen molar-refractivity contribution < 1.29 is 18.7 Å². The van der Waals surface area contributed by atoms with Crippen molar-refractivity contribution in [2.75, 3.05) is 6.61 Å². The molecule has 1 N–H and O–H groups in total. The Morgan fingerprint density at radius 3 is 2.79 bits per heavy atom. The summed E-state index contributed by atoms with van der Waals surface area (Å²) < 4.78 is 17.7. The fourth-order valence-electron chi connectivity index (χ4n) is 1.47. The average Bonchev–Trinajstić information content (AvgIpc) is 2.82. The molecule has 0 amide bonds. The van der Waals surface area contributed by atoms with Gasteiger partial charge in [-0.15, -0.1) is 0 Å². The SMILES string of the molecule is Cc1cc(C(=O)OCC(=O)c2cccc(F)c2)n[nH]1. The number of rotatable bonds is 4. The Morgan fingerprint density at radius 1 is 1.37 bits per heavy atom. The molecule has 0 saturated carbocycles. The van der Waals surface area contributed by atoms with Gasteiger partial charge >= 0.3 is 5.97 Å². The Bertz CT molecular complexity index is 622. The minimum atomic E-state index is -0.700. The molecule has 5 nitrogen and oxygen atoms in total. The summed E-state index contributed by atoms with van der Waals surface area (Å²) in [6.45, 7) is 1.29. The van der Waals surface area contributed by atoms with E-state index in [0.29, 0.717) is 5.69 Å². The van der Waals surface area contributed by atoms with Gasteiger partial charge in [-0.3, -0.25) is 9.89 Å².